The van der Waals surface area contributed by atoms with Crippen molar-refractivity contribution in [2.75, 3.05) is 25.4 Å². The number of rotatable bonds is 1. The molecule has 6 nitrogen and oxygen atoms in total. The minimum atomic E-state index is -0.329. The fraction of sp³-hybridized carbons (Fsp3) is 0.300. The normalized spacial score (nSPS) is 15.6. The van der Waals surface area contributed by atoms with Gasteiger partial charge in [0.2, 0.25) is 5.91 Å². The van der Waals surface area contributed by atoms with Crippen LogP contribution in [-0.4, -0.2) is 41.3 Å². The average molecular weight is 255 g/mol. The first-order valence-corrected chi connectivity index (χ1v) is 5.42. The minimum absolute atomic E-state index is 0.0317. The zero-order valence-corrected chi connectivity index (χ0v) is 9.70. The standard InChI is InChI=1S/C10H11ClN4O2/c11-9-7(3-6(12)4-14-9)10(17)15-2-1-13-8(16)5-15/h3-4H,1-2,5,12H2,(H,13,16). The molecule has 1 saturated heterocycles. The predicted molar refractivity (Wildman–Crippen MR) is 62.6 cm³/mol. The quantitative estimate of drug-likeness (QED) is 0.685. The highest BCUT2D eigenvalue weighted by Crippen LogP contribution is 2.17. The molecular formula is C10H11ClN4O2. The van der Waals surface area contributed by atoms with Crippen LogP contribution in [0.3, 0.4) is 0 Å². The van der Waals surface area contributed by atoms with Gasteiger partial charge in [0.1, 0.15) is 5.15 Å². The zero-order valence-electron chi connectivity index (χ0n) is 8.94. The Morgan fingerprint density at radius 2 is 2.35 bits per heavy atom. The van der Waals surface area contributed by atoms with Crippen LogP contribution in [0.15, 0.2) is 12.3 Å². The lowest BCUT2D eigenvalue weighted by Gasteiger charge is -2.26. The van der Waals surface area contributed by atoms with E-state index in [4.69, 9.17) is 17.3 Å². The number of aromatic nitrogens is 1. The van der Waals surface area contributed by atoms with Crippen molar-refractivity contribution in [1.29, 1.82) is 0 Å². The van der Waals surface area contributed by atoms with E-state index in [1.807, 2.05) is 0 Å². The van der Waals surface area contributed by atoms with E-state index < -0.39 is 0 Å². The predicted octanol–water partition coefficient (Wildman–Crippen LogP) is -0.111. The van der Waals surface area contributed by atoms with Gasteiger partial charge in [-0.25, -0.2) is 4.98 Å². The van der Waals surface area contributed by atoms with Crippen molar-refractivity contribution in [1.82, 2.24) is 15.2 Å². The fourth-order valence-corrected chi connectivity index (χ4v) is 1.78. The second-order valence-electron chi connectivity index (χ2n) is 3.68. The van der Waals surface area contributed by atoms with Crippen LogP contribution >= 0.6 is 11.6 Å². The van der Waals surface area contributed by atoms with E-state index in [0.29, 0.717) is 18.8 Å². The summed E-state index contributed by atoms with van der Waals surface area (Å²) in [7, 11) is 0. The maximum absolute atomic E-state index is 12.1. The maximum Gasteiger partial charge on any atom is 0.257 e. The summed E-state index contributed by atoms with van der Waals surface area (Å²) in [4.78, 5) is 28.5. The first kappa shape index (κ1) is 11.7. The van der Waals surface area contributed by atoms with Gasteiger partial charge in [0.05, 0.1) is 24.0 Å². The lowest BCUT2D eigenvalue weighted by molar-refractivity contribution is -0.123. The highest BCUT2D eigenvalue weighted by Gasteiger charge is 2.24. The third kappa shape index (κ3) is 2.47. The van der Waals surface area contributed by atoms with Crippen LogP contribution in [0.25, 0.3) is 0 Å². The third-order valence-electron chi connectivity index (χ3n) is 2.42. The molecule has 1 fully saturated rings. The molecule has 3 N–H and O–H groups in total. The van der Waals surface area contributed by atoms with Crippen LogP contribution in [0.2, 0.25) is 5.15 Å². The van der Waals surface area contributed by atoms with Gasteiger partial charge < -0.3 is 16.0 Å². The molecule has 0 aliphatic carbocycles. The molecule has 1 aliphatic rings. The molecule has 2 rings (SSSR count). The molecule has 17 heavy (non-hydrogen) atoms. The first-order valence-electron chi connectivity index (χ1n) is 5.05. The Hall–Kier alpha value is -1.82. The summed E-state index contributed by atoms with van der Waals surface area (Å²) in [5.74, 6) is -0.512. The number of carbonyl (C=O) groups excluding carboxylic acids is 2. The Morgan fingerprint density at radius 3 is 3.06 bits per heavy atom. The third-order valence-corrected chi connectivity index (χ3v) is 2.72. The number of pyridine rings is 1. The average Bonchev–Trinajstić information content (AvgIpc) is 2.31. The summed E-state index contributed by atoms with van der Waals surface area (Å²) in [5, 5.41) is 2.73. The number of hydrogen-bond acceptors (Lipinski definition) is 4. The number of hydrogen-bond donors (Lipinski definition) is 2. The number of nitrogen functional groups attached to an aromatic ring is 1. The molecule has 1 aromatic rings. The van der Waals surface area contributed by atoms with E-state index in [-0.39, 0.29) is 29.1 Å². The van der Waals surface area contributed by atoms with E-state index in [1.54, 1.807) is 0 Å². The van der Waals surface area contributed by atoms with Gasteiger partial charge in [-0.3, -0.25) is 9.59 Å². The summed E-state index contributed by atoms with van der Waals surface area (Å²) in [6, 6.07) is 1.46. The topological polar surface area (TPSA) is 88.3 Å². The molecular weight excluding hydrogens is 244 g/mol. The number of piperazine rings is 1. The largest absolute Gasteiger partial charge is 0.397 e. The van der Waals surface area contributed by atoms with Crippen LogP contribution in [0.5, 0.6) is 0 Å². The van der Waals surface area contributed by atoms with Gasteiger partial charge in [-0.05, 0) is 6.07 Å². The van der Waals surface area contributed by atoms with Gasteiger partial charge >= 0.3 is 0 Å². The summed E-state index contributed by atoms with van der Waals surface area (Å²) in [6.45, 7) is 0.928. The number of nitrogens with two attached hydrogens (primary N) is 1. The van der Waals surface area contributed by atoms with Crippen LogP contribution < -0.4 is 11.1 Å². The molecule has 0 bridgehead atoms. The molecule has 0 saturated carbocycles. The van der Waals surface area contributed by atoms with Gasteiger partial charge in [0.15, 0.2) is 0 Å². The maximum atomic E-state index is 12.1. The van der Waals surface area contributed by atoms with Gasteiger partial charge in [-0.1, -0.05) is 11.6 Å². The SMILES string of the molecule is Nc1cnc(Cl)c(C(=O)N2CCNC(=O)C2)c1. The van der Waals surface area contributed by atoms with Gasteiger partial charge in [-0.2, -0.15) is 0 Å². The van der Waals surface area contributed by atoms with E-state index in [1.165, 1.54) is 17.2 Å². The van der Waals surface area contributed by atoms with Crippen molar-refractivity contribution in [3.63, 3.8) is 0 Å². The Labute approximate surface area is 103 Å². The summed E-state index contributed by atoms with van der Waals surface area (Å²) >= 11 is 5.83. The number of carbonyl (C=O) groups is 2. The van der Waals surface area contributed by atoms with Crippen molar-refractivity contribution in [2.24, 2.45) is 0 Å². The van der Waals surface area contributed by atoms with Crippen LogP contribution in [0.1, 0.15) is 10.4 Å². The van der Waals surface area contributed by atoms with Gasteiger partial charge in [0.25, 0.3) is 5.91 Å². The molecule has 0 spiro atoms. The molecule has 2 heterocycles. The highest BCUT2D eigenvalue weighted by atomic mass is 35.5. The summed E-state index contributed by atoms with van der Waals surface area (Å²) < 4.78 is 0. The van der Waals surface area contributed by atoms with Crippen LogP contribution in [-0.2, 0) is 4.79 Å². The van der Waals surface area contributed by atoms with E-state index in [0.717, 1.165) is 0 Å². The molecule has 1 aromatic heterocycles. The monoisotopic (exact) mass is 254 g/mol. The van der Waals surface area contributed by atoms with Gasteiger partial charge in [0, 0.05) is 13.1 Å². The van der Waals surface area contributed by atoms with Crippen molar-refractivity contribution >= 4 is 29.1 Å². The number of anilines is 1. The van der Waals surface area contributed by atoms with E-state index >= 15 is 0 Å². The van der Waals surface area contributed by atoms with Crippen LogP contribution in [0.4, 0.5) is 5.69 Å². The lowest BCUT2D eigenvalue weighted by Crippen LogP contribution is -2.50. The first-order chi connectivity index (χ1) is 8.08. The molecule has 7 heteroatoms. The number of halogens is 1. The Bertz CT molecular complexity index is 477. The smallest absolute Gasteiger partial charge is 0.257 e. The van der Waals surface area contributed by atoms with Crippen LogP contribution in [0, 0.1) is 0 Å². The molecule has 0 radical (unpaired) electrons. The lowest BCUT2D eigenvalue weighted by atomic mass is 10.2. The zero-order chi connectivity index (χ0) is 12.4. The Kier molecular flexibility index (Phi) is 3.14. The molecule has 90 valence electrons. The number of nitrogens with one attached hydrogen (secondary N) is 1. The van der Waals surface area contributed by atoms with Crippen molar-refractivity contribution in [2.45, 2.75) is 0 Å². The van der Waals surface area contributed by atoms with E-state index in [9.17, 15) is 9.59 Å². The highest BCUT2D eigenvalue weighted by molar-refractivity contribution is 6.32. The minimum Gasteiger partial charge on any atom is -0.397 e. The molecule has 0 unspecified atom stereocenters. The second-order valence-corrected chi connectivity index (χ2v) is 4.04. The molecule has 2 amide bonds. The Balaban J connectivity index is 2.24. The molecule has 0 atom stereocenters. The molecule has 1 aliphatic heterocycles. The summed E-state index contributed by atoms with van der Waals surface area (Å²) in [6.07, 6.45) is 1.38. The van der Waals surface area contributed by atoms with Crippen molar-refractivity contribution in [3.05, 3.63) is 23.0 Å². The second kappa shape index (κ2) is 4.58. The van der Waals surface area contributed by atoms with Gasteiger partial charge in [-0.15, -0.1) is 0 Å². The number of amides is 2. The number of nitrogens with zero attached hydrogens (tertiary/aromatic N) is 2. The Morgan fingerprint density at radius 1 is 1.59 bits per heavy atom. The summed E-state index contributed by atoms with van der Waals surface area (Å²) in [5.41, 5.74) is 6.13. The van der Waals surface area contributed by atoms with E-state index in [2.05, 4.69) is 10.3 Å². The van der Waals surface area contributed by atoms with Crippen molar-refractivity contribution in [3.8, 4) is 0 Å². The van der Waals surface area contributed by atoms with Crippen molar-refractivity contribution < 1.29 is 9.59 Å². The fourth-order valence-electron chi connectivity index (χ4n) is 1.60. The molecule has 0 aromatic carbocycles.